The monoisotopic (exact) mass is 321 g/mol. The SMILES string of the molecule is CCc1nc(C2CSC2)nc(N)c1I. The van der Waals surface area contributed by atoms with E-state index < -0.39 is 0 Å². The van der Waals surface area contributed by atoms with Crippen LogP contribution >= 0.6 is 34.4 Å². The minimum atomic E-state index is 0.532. The van der Waals surface area contributed by atoms with Crippen molar-refractivity contribution in [2.75, 3.05) is 17.2 Å². The molecular formula is C9H12IN3S. The fraction of sp³-hybridized carbons (Fsp3) is 0.556. The van der Waals surface area contributed by atoms with Crippen LogP contribution in [-0.2, 0) is 6.42 Å². The molecule has 5 heteroatoms. The van der Waals surface area contributed by atoms with Crippen LogP contribution in [0, 0.1) is 3.57 Å². The highest BCUT2D eigenvalue weighted by atomic mass is 127. The highest BCUT2D eigenvalue weighted by Crippen LogP contribution is 2.33. The van der Waals surface area contributed by atoms with Gasteiger partial charge in [0.15, 0.2) is 0 Å². The average molecular weight is 321 g/mol. The standard InChI is InChI=1S/C9H12IN3S/c1-2-6-7(10)8(11)13-9(12-6)5-3-14-4-5/h5H,2-4H2,1H3,(H2,11,12,13). The summed E-state index contributed by atoms with van der Waals surface area (Å²) in [5.74, 6) is 4.40. The summed E-state index contributed by atoms with van der Waals surface area (Å²) < 4.78 is 1.01. The lowest BCUT2D eigenvalue weighted by Gasteiger charge is -2.24. The van der Waals surface area contributed by atoms with Gasteiger partial charge < -0.3 is 5.73 Å². The molecule has 0 saturated carbocycles. The van der Waals surface area contributed by atoms with Crippen LogP contribution in [0.4, 0.5) is 5.82 Å². The summed E-state index contributed by atoms with van der Waals surface area (Å²) in [5.41, 5.74) is 6.94. The van der Waals surface area contributed by atoms with Crippen molar-refractivity contribution < 1.29 is 0 Å². The minimum absolute atomic E-state index is 0.532. The Morgan fingerprint density at radius 2 is 2.21 bits per heavy atom. The molecule has 3 nitrogen and oxygen atoms in total. The molecule has 0 spiro atoms. The van der Waals surface area contributed by atoms with E-state index in [2.05, 4.69) is 39.5 Å². The Kier molecular flexibility index (Phi) is 3.16. The van der Waals surface area contributed by atoms with E-state index in [4.69, 9.17) is 5.73 Å². The van der Waals surface area contributed by atoms with Gasteiger partial charge in [0, 0.05) is 17.4 Å². The highest BCUT2D eigenvalue weighted by Gasteiger charge is 2.24. The van der Waals surface area contributed by atoms with E-state index in [1.807, 2.05) is 11.8 Å². The number of anilines is 1. The molecule has 1 aromatic rings. The van der Waals surface area contributed by atoms with E-state index >= 15 is 0 Å². The topological polar surface area (TPSA) is 51.8 Å². The summed E-state index contributed by atoms with van der Waals surface area (Å²) in [6.07, 6.45) is 0.928. The van der Waals surface area contributed by atoms with Gasteiger partial charge in [0.05, 0.1) is 9.26 Å². The van der Waals surface area contributed by atoms with Gasteiger partial charge in [0.25, 0.3) is 0 Å². The first kappa shape index (κ1) is 10.5. The number of nitrogen functional groups attached to an aromatic ring is 1. The highest BCUT2D eigenvalue weighted by molar-refractivity contribution is 14.1. The number of nitrogens with two attached hydrogens (primary N) is 1. The maximum Gasteiger partial charge on any atom is 0.140 e. The Labute approximate surface area is 101 Å². The van der Waals surface area contributed by atoms with Crippen LogP contribution in [0.5, 0.6) is 0 Å². The maximum absolute atomic E-state index is 5.85. The van der Waals surface area contributed by atoms with E-state index in [1.165, 1.54) is 0 Å². The normalized spacial score (nSPS) is 16.7. The van der Waals surface area contributed by atoms with Gasteiger partial charge in [-0.3, -0.25) is 0 Å². The Hall–Kier alpha value is -0.0400. The predicted molar refractivity (Wildman–Crippen MR) is 68.6 cm³/mol. The van der Waals surface area contributed by atoms with Crippen molar-refractivity contribution in [2.45, 2.75) is 19.3 Å². The molecule has 0 atom stereocenters. The van der Waals surface area contributed by atoms with Crippen molar-refractivity contribution in [3.8, 4) is 0 Å². The number of hydrogen-bond acceptors (Lipinski definition) is 4. The fourth-order valence-electron chi connectivity index (χ4n) is 1.33. The van der Waals surface area contributed by atoms with Gasteiger partial charge in [0.1, 0.15) is 11.6 Å². The molecule has 2 heterocycles. The second kappa shape index (κ2) is 4.22. The van der Waals surface area contributed by atoms with E-state index in [0.717, 1.165) is 33.0 Å². The van der Waals surface area contributed by atoms with Gasteiger partial charge in [0.2, 0.25) is 0 Å². The molecule has 0 unspecified atom stereocenters. The summed E-state index contributed by atoms with van der Waals surface area (Å²) in [5, 5.41) is 0. The molecule has 0 radical (unpaired) electrons. The van der Waals surface area contributed by atoms with Crippen LogP contribution < -0.4 is 5.73 Å². The molecule has 1 fully saturated rings. The first-order valence-corrected chi connectivity index (χ1v) is 6.85. The molecule has 0 bridgehead atoms. The lowest BCUT2D eigenvalue weighted by Crippen LogP contribution is -2.20. The summed E-state index contributed by atoms with van der Waals surface area (Å²) in [6, 6.07) is 0. The summed E-state index contributed by atoms with van der Waals surface area (Å²) in [6.45, 7) is 2.10. The van der Waals surface area contributed by atoms with Crippen LogP contribution in [0.3, 0.4) is 0 Å². The lowest BCUT2D eigenvalue weighted by atomic mass is 10.2. The molecule has 2 rings (SSSR count). The Morgan fingerprint density at radius 3 is 2.71 bits per heavy atom. The molecule has 1 aliphatic heterocycles. The van der Waals surface area contributed by atoms with Gasteiger partial charge in [-0.25, -0.2) is 9.97 Å². The van der Waals surface area contributed by atoms with Crippen molar-refractivity contribution >= 4 is 40.2 Å². The van der Waals surface area contributed by atoms with Crippen molar-refractivity contribution in [3.63, 3.8) is 0 Å². The number of rotatable bonds is 2. The van der Waals surface area contributed by atoms with Crippen molar-refractivity contribution in [2.24, 2.45) is 0 Å². The second-order valence-corrected chi connectivity index (χ2v) is 5.47. The third-order valence-corrected chi connectivity index (χ3v) is 4.75. The molecule has 0 aliphatic carbocycles. The molecule has 76 valence electrons. The van der Waals surface area contributed by atoms with E-state index in [-0.39, 0.29) is 0 Å². The Bertz CT molecular complexity index is 352. The maximum atomic E-state index is 5.85. The van der Waals surface area contributed by atoms with Crippen molar-refractivity contribution in [3.05, 3.63) is 15.1 Å². The van der Waals surface area contributed by atoms with Crippen molar-refractivity contribution in [1.29, 1.82) is 0 Å². The van der Waals surface area contributed by atoms with Crippen LogP contribution in [0.25, 0.3) is 0 Å². The number of nitrogens with zero attached hydrogens (tertiary/aromatic N) is 2. The quantitative estimate of drug-likeness (QED) is 0.847. The van der Waals surface area contributed by atoms with Crippen LogP contribution in [-0.4, -0.2) is 21.5 Å². The molecule has 1 aromatic heterocycles. The minimum Gasteiger partial charge on any atom is -0.383 e. The first-order chi connectivity index (χ1) is 6.72. The number of hydrogen-bond donors (Lipinski definition) is 1. The molecule has 0 amide bonds. The molecule has 2 N–H and O–H groups in total. The van der Waals surface area contributed by atoms with Crippen LogP contribution in [0.2, 0.25) is 0 Å². The van der Waals surface area contributed by atoms with Gasteiger partial charge >= 0.3 is 0 Å². The smallest absolute Gasteiger partial charge is 0.140 e. The van der Waals surface area contributed by atoms with Crippen LogP contribution in [0.15, 0.2) is 0 Å². The molecule has 0 aromatic carbocycles. The van der Waals surface area contributed by atoms with Gasteiger partial charge in [-0.2, -0.15) is 11.8 Å². The zero-order valence-corrected chi connectivity index (χ0v) is 10.9. The number of halogens is 1. The third-order valence-electron chi connectivity index (χ3n) is 2.30. The predicted octanol–water partition coefficient (Wildman–Crippen LogP) is 2.06. The first-order valence-electron chi connectivity index (χ1n) is 4.62. The Balaban J connectivity index is 2.37. The lowest BCUT2D eigenvalue weighted by molar-refractivity contribution is 0.749. The third kappa shape index (κ3) is 1.84. The molecule has 14 heavy (non-hydrogen) atoms. The van der Waals surface area contributed by atoms with Gasteiger partial charge in [-0.05, 0) is 29.0 Å². The van der Waals surface area contributed by atoms with E-state index in [0.29, 0.717) is 11.7 Å². The zero-order valence-electron chi connectivity index (χ0n) is 7.96. The Morgan fingerprint density at radius 1 is 1.50 bits per heavy atom. The fourth-order valence-corrected chi connectivity index (χ4v) is 2.73. The van der Waals surface area contributed by atoms with Gasteiger partial charge in [-0.1, -0.05) is 6.92 Å². The second-order valence-electron chi connectivity index (χ2n) is 3.32. The molecule has 1 saturated heterocycles. The largest absolute Gasteiger partial charge is 0.383 e. The number of aryl methyl sites for hydroxylation is 1. The summed E-state index contributed by atoms with van der Waals surface area (Å²) in [4.78, 5) is 8.91. The van der Waals surface area contributed by atoms with E-state index in [1.54, 1.807) is 0 Å². The number of thioether (sulfide) groups is 1. The summed E-state index contributed by atoms with van der Waals surface area (Å²) in [7, 11) is 0. The number of aromatic nitrogens is 2. The average Bonchev–Trinajstić information content (AvgIpc) is 2.08. The molecule has 1 aliphatic rings. The van der Waals surface area contributed by atoms with Crippen LogP contribution in [0.1, 0.15) is 24.4 Å². The molecular weight excluding hydrogens is 309 g/mol. The van der Waals surface area contributed by atoms with Crippen molar-refractivity contribution in [1.82, 2.24) is 9.97 Å². The van der Waals surface area contributed by atoms with E-state index in [9.17, 15) is 0 Å². The zero-order chi connectivity index (χ0) is 10.1. The summed E-state index contributed by atoms with van der Waals surface area (Å²) >= 11 is 4.16. The van der Waals surface area contributed by atoms with Gasteiger partial charge in [-0.15, -0.1) is 0 Å².